The Bertz CT molecular complexity index is 210. The smallest absolute Gasteiger partial charge is 0.317 e. The first-order chi connectivity index (χ1) is 7.00. The van der Waals surface area contributed by atoms with E-state index in [0.29, 0.717) is 6.04 Å². The van der Waals surface area contributed by atoms with E-state index >= 15 is 0 Å². The van der Waals surface area contributed by atoms with Gasteiger partial charge in [-0.2, -0.15) is 0 Å². The first-order valence-electron chi connectivity index (χ1n) is 5.72. The highest BCUT2D eigenvalue weighted by Crippen LogP contribution is 2.13. The molecule has 1 saturated heterocycles. The van der Waals surface area contributed by atoms with Gasteiger partial charge in [0, 0.05) is 19.1 Å². The Balaban J connectivity index is 2.39. The van der Waals surface area contributed by atoms with E-state index in [1.54, 1.807) is 0 Å². The van der Waals surface area contributed by atoms with Crippen molar-refractivity contribution in [2.24, 2.45) is 0 Å². The van der Waals surface area contributed by atoms with Gasteiger partial charge < -0.3 is 15.1 Å². The highest BCUT2D eigenvalue weighted by Gasteiger charge is 2.23. The van der Waals surface area contributed by atoms with Crippen molar-refractivity contribution in [3.8, 4) is 0 Å². The molecule has 0 atom stereocenters. The molecule has 0 bridgehead atoms. The quantitative estimate of drug-likeness (QED) is 0.746. The van der Waals surface area contributed by atoms with Crippen molar-refractivity contribution in [2.45, 2.75) is 38.8 Å². The van der Waals surface area contributed by atoms with Crippen molar-refractivity contribution >= 4 is 6.03 Å². The molecule has 88 valence electrons. The van der Waals surface area contributed by atoms with Crippen molar-refractivity contribution < 1.29 is 4.79 Å². The molecule has 1 fully saturated rings. The molecule has 1 heterocycles. The van der Waals surface area contributed by atoms with Crippen LogP contribution in [-0.2, 0) is 0 Å². The molecule has 4 nitrogen and oxygen atoms in total. The maximum Gasteiger partial charge on any atom is 0.317 e. The molecule has 0 aromatic carbocycles. The Morgan fingerprint density at radius 1 is 1.40 bits per heavy atom. The predicted molar refractivity (Wildman–Crippen MR) is 61.9 cm³/mol. The van der Waals surface area contributed by atoms with Crippen LogP contribution in [0.2, 0.25) is 0 Å². The van der Waals surface area contributed by atoms with Gasteiger partial charge in [-0.1, -0.05) is 0 Å². The van der Waals surface area contributed by atoms with E-state index in [9.17, 15) is 4.79 Å². The lowest BCUT2D eigenvalue weighted by Crippen LogP contribution is -2.49. The number of nitrogens with one attached hydrogen (secondary N) is 1. The Kier molecular flexibility index (Phi) is 4.39. The van der Waals surface area contributed by atoms with Gasteiger partial charge in [-0.05, 0) is 46.8 Å². The standard InChI is InChI=1S/C11H23N3O/c1-9(2)12-11(15)14(4)10-5-7-13(3)8-6-10/h9-10H,5-8H2,1-4H3,(H,12,15). The van der Waals surface area contributed by atoms with Gasteiger partial charge in [-0.3, -0.25) is 0 Å². The van der Waals surface area contributed by atoms with E-state index < -0.39 is 0 Å². The summed E-state index contributed by atoms with van der Waals surface area (Å²) in [7, 11) is 4.03. The number of carbonyl (C=O) groups is 1. The summed E-state index contributed by atoms with van der Waals surface area (Å²) >= 11 is 0. The molecule has 1 rings (SSSR count). The minimum absolute atomic E-state index is 0.0551. The Labute approximate surface area is 92.6 Å². The fourth-order valence-corrected chi connectivity index (χ4v) is 1.90. The summed E-state index contributed by atoms with van der Waals surface area (Å²) in [6.07, 6.45) is 2.16. The van der Waals surface area contributed by atoms with Gasteiger partial charge in [0.05, 0.1) is 0 Å². The van der Waals surface area contributed by atoms with Crippen LogP contribution < -0.4 is 5.32 Å². The Hall–Kier alpha value is -0.770. The van der Waals surface area contributed by atoms with Crippen LogP contribution in [0.15, 0.2) is 0 Å². The minimum Gasteiger partial charge on any atom is -0.336 e. The molecule has 1 aliphatic rings. The molecule has 2 amide bonds. The topological polar surface area (TPSA) is 35.6 Å². The summed E-state index contributed by atoms with van der Waals surface area (Å²) in [5.41, 5.74) is 0. The number of carbonyl (C=O) groups excluding carboxylic acids is 1. The average molecular weight is 213 g/mol. The summed E-state index contributed by atoms with van der Waals surface area (Å²) < 4.78 is 0. The third-order valence-corrected chi connectivity index (χ3v) is 2.97. The molecule has 0 aromatic heterocycles. The number of rotatable bonds is 2. The molecular formula is C11H23N3O. The molecule has 0 spiro atoms. The van der Waals surface area contributed by atoms with Crippen molar-refractivity contribution in [1.29, 1.82) is 0 Å². The van der Waals surface area contributed by atoms with Crippen molar-refractivity contribution in [3.05, 3.63) is 0 Å². The lowest BCUT2D eigenvalue weighted by atomic mass is 10.0. The second-order valence-electron chi connectivity index (χ2n) is 4.75. The van der Waals surface area contributed by atoms with E-state index in [1.165, 1.54) is 0 Å². The number of urea groups is 1. The van der Waals surface area contributed by atoms with E-state index in [0.717, 1.165) is 25.9 Å². The average Bonchev–Trinajstić information content (AvgIpc) is 2.17. The molecule has 0 unspecified atom stereocenters. The van der Waals surface area contributed by atoms with Gasteiger partial charge in [0.15, 0.2) is 0 Å². The van der Waals surface area contributed by atoms with Gasteiger partial charge in [-0.25, -0.2) is 4.79 Å². The van der Waals surface area contributed by atoms with Gasteiger partial charge in [-0.15, -0.1) is 0 Å². The molecule has 1 aliphatic heterocycles. The lowest BCUT2D eigenvalue weighted by Gasteiger charge is -2.35. The van der Waals surface area contributed by atoms with Gasteiger partial charge >= 0.3 is 6.03 Å². The first-order valence-corrected chi connectivity index (χ1v) is 5.72. The van der Waals surface area contributed by atoms with Crippen molar-refractivity contribution in [3.63, 3.8) is 0 Å². The van der Waals surface area contributed by atoms with E-state index in [-0.39, 0.29) is 12.1 Å². The van der Waals surface area contributed by atoms with Crippen molar-refractivity contribution in [2.75, 3.05) is 27.2 Å². The maximum absolute atomic E-state index is 11.7. The van der Waals surface area contributed by atoms with Crippen LogP contribution in [0.25, 0.3) is 0 Å². The van der Waals surface area contributed by atoms with Crippen LogP contribution >= 0.6 is 0 Å². The van der Waals surface area contributed by atoms with Crippen molar-refractivity contribution in [1.82, 2.24) is 15.1 Å². The molecule has 15 heavy (non-hydrogen) atoms. The Morgan fingerprint density at radius 2 is 1.93 bits per heavy atom. The van der Waals surface area contributed by atoms with Crippen LogP contribution in [0.5, 0.6) is 0 Å². The zero-order valence-corrected chi connectivity index (χ0v) is 10.3. The third-order valence-electron chi connectivity index (χ3n) is 2.97. The predicted octanol–water partition coefficient (Wildman–Crippen LogP) is 1.13. The van der Waals surface area contributed by atoms with Gasteiger partial charge in [0.1, 0.15) is 0 Å². The number of hydrogen-bond acceptors (Lipinski definition) is 2. The van der Waals surface area contributed by atoms with Crippen LogP contribution in [0, 0.1) is 0 Å². The molecular weight excluding hydrogens is 190 g/mol. The molecule has 0 aromatic rings. The highest BCUT2D eigenvalue weighted by molar-refractivity contribution is 5.74. The normalized spacial score (nSPS) is 19.3. The molecule has 0 radical (unpaired) electrons. The minimum atomic E-state index is 0.0551. The number of amides is 2. The van der Waals surface area contributed by atoms with Gasteiger partial charge in [0.25, 0.3) is 0 Å². The summed E-state index contributed by atoms with van der Waals surface area (Å²) in [4.78, 5) is 15.9. The Morgan fingerprint density at radius 3 is 2.40 bits per heavy atom. The molecule has 0 saturated carbocycles. The number of nitrogens with zero attached hydrogens (tertiary/aromatic N) is 2. The van der Waals surface area contributed by atoms with Gasteiger partial charge in [0.2, 0.25) is 0 Å². The summed E-state index contributed by atoms with van der Waals surface area (Å²) in [6.45, 7) is 6.15. The molecule has 4 heteroatoms. The monoisotopic (exact) mass is 213 g/mol. The lowest BCUT2D eigenvalue weighted by molar-refractivity contribution is 0.146. The van der Waals surface area contributed by atoms with Crippen LogP contribution in [0.1, 0.15) is 26.7 Å². The first kappa shape index (κ1) is 12.3. The van der Waals surface area contributed by atoms with Crippen LogP contribution in [0.3, 0.4) is 0 Å². The summed E-state index contributed by atoms with van der Waals surface area (Å²) in [5, 5.41) is 2.92. The zero-order valence-electron chi connectivity index (χ0n) is 10.3. The number of piperidine rings is 1. The molecule has 1 N–H and O–H groups in total. The van der Waals surface area contributed by atoms with E-state index in [1.807, 2.05) is 25.8 Å². The fraction of sp³-hybridized carbons (Fsp3) is 0.909. The SMILES string of the molecule is CC(C)NC(=O)N(C)C1CCN(C)CC1. The fourth-order valence-electron chi connectivity index (χ4n) is 1.90. The van der Waals surface area contributed by atoms with E-state index in [4.69, 9.17) is 0 Å². The highest BCUT2D eigenvalue weighted by atomic mass is 16.2. The van der Waals surface area contributed by atoms with E-state index in [2.05, 4.69) is 17.3 Å². The second-order valence-corrected chi connectivity index (χ2v) is 4.75. The van der Waals surface area contributed by atoms with Crippen LogP contribution in [0.4, 0.5) is 4.79 Å². The molecule has 0 aliphatic carbocycles. The van der Waals surface area contributed by atoms with Crippen LogP contribution in [-0.4, -0.2) is 55.1 Å². The number of likely N-dealkylation sites (tertiary alicyclic amines) is 1. The zero-order chi connectivity index (χ0) is 11.4. The number of hydrogen-bond donors (Lipinski definition) is 1. The largest absolute Gasteiger partial charge is 0.336 e. The summed E-state index contributed by atoms with van der Waals surface area (Å²) in [5.74, 6) is 0. The summed E-state index contributed by atoms with van der Waals surface area (Å²) in [6, 6.07) is 0.672. The second kappa shape index (κ2) is 5.35. The third kappa shape index (κ3) is 3.70. The maximum atomic E-state index is 11.7.